The first kappa shape index (κ1) is 20.2. The highest BCUT2D eigenvalue weighted by molar-refractivity contribution is 7.89. The van der Waals surface area contributed by atoms with Crippen molar-refractivity contribution in [2.75, 3.05) is 19.4 Å². The Morgan fingerprint density at radius 2 is 1.93 bits per heavy atom. The first-order valence-electron chi connectivity index (χ1n) is 7.43. The summed E-state index contributed by atoms with van der Waals surface area (Å²) in [5.74, 6) is -0.541. The van der Waals surface area contributed by atoms with Gasteiger partial charge in [-0.15, -0.1) is 22.7 Å². The van der Waals surface area contributed by atoms with Crippen LogP contribution in [0, 0.1) is 0 Å². The molecule has 27 heavy (non-hydrogen) atoms. The normalized spacial score (nSPS) is 11.7. The number of rotatable bonds is 5. The Morgan fingerprint density at radius 1 is 1.19 bits per heavy atom. The van der Waals surface area contributed by atoms with Crippen molar-refractivity contribution in [3.05, 3.63) is 50.6 Å². The lowest BCUT2D eigenvalue weighted by atomic mass is 10.2. The number of nitrogens with one attached hydrogen (secondary N) is 1. The number of amides is 1. The van der Waals surface area contributed by atoms with Crippen molar-refractivity contribution in [3.63, 3.8) is 0 Å². The van der Waals surface area contributed by atoms with Gasteiger partial charge in [0.25, 0.3) is 5.91 Å². The maximum Gasteiger partial charge on any atom is 0.259 e. The average Bonchev–Trinajstić information content (AvgIpc) is 3.23. The highest BCUT2D eigenvalue weighted by atomic mass is 35.5. The summed E-state index contributed by atoms with van der Waals surface area (Å²) >= 11 is 14.7. The number of anilines is 1. The van der Waals surface area contributed by atoms with Crippen molar-refractivity contribution >= 4 is 66.9 Å². The van der Waals surface area contributed by atoms with E-state index in [1.165, 1.54) is 55.0 Å². The minimum atomic E-state index is -3.68. The van der Waals surface area contributed by atoms with Gasteiger partial charge in [-0.25, -0.2) is 17.7 Å². The molecule has 6 nitrogen and oxygen atoms in total. The van der Waals surface area contributed by atoms with Crippen LogP contribution in [-0.4, -0.2) is 37.7 Å². The number of nitrogens with zero attached hydrogens (tertiary/aromatic N) is 2. The zero-order valence-electron chi connectivity index (χ0n) is 14.1. The lowest BCUT2D eigenvalue weighted by Gasteiger charge is -2.13. The minimum absolute atomic E-state index is 0.0184. The Balaban J connectivity index is 1.85. The van der Waals surface area contributed by atoms with E-state index in [-0.39, 0.29) is 15.5 Å². The smallest absolute Gasteiger partial charge is 0.259 e. The van der Waals surface area contributed by atoms with Crippen LogP contribution in [0.5, 0.6) is 0 Å². The van der Waals surface area contributed by atoms with Crippen molar-refractivity contribution in [1.29, 1.82) is 0 Å². The van der Waals surface area contributed by atoms with Crippen LogP contribution >= 0.6 is 45.9 Å². The number of hydrogen-bond acceptors (Lipinski definition) is 6. The summed E-state index contributed by atoms with van der Waals surface area (Å²) in [6.07, 6.45) is 0. The molecule has 0 unspecified atom stereocenters. The van der Waals surface area contributed by atoms with Gasteiger partial charge in [0.2, 0.25) is 10.0 Å². The van der Waals surface area contributed by atoms with Gasteiger partial charge in [0.15, 0.2) is 5.13 Å². The van der Waals surface area contributed by atoms with Crippen LogP contribution in [0.3, 0.4) is 0 Å². The molecule has 0 aliphatic rings. The molecular formula is C16H13Cl2N3O3S3. The maximum atomic E-state index is 12.6. The standard InChI is InChI=1S/C16H13Cl2N3O3S3/c1-21(2)27(23,24)9-3-4-11(17)10(7-9)15(22)20-16-19-12(8-25-16)13-5-6-14(18)26-13/h3-8H,1-2H3,(H,19,20,22). The van der Waals surface area contributed by atoms with Gasteiger partial charge in [-0.1, -0.05) is 23.2 Å². The third kappa shape index (κ3) is 4.34. The van der Waals surface area contributed by atoms with Crippen LogP contribution in [0.25, 0.3) is 10.6 Å². The Bertz CT molecular complexity index is 1110. The topological polar surface area (TPSA) is 79.4 Å². The summed E-state index contributed by atoms with van der Waals surface area (Å²) in [6, 6.07) is 7.61. The van der Waals surface area contributed by atoms with Gasteiger partial charge in [-0.2, -0.15) is 0 Å². The van der Waals surface area contributed by atoms with Crippen molar-refractivity contribution in [1.82, 2.24) is 9.29 Å². The quantitative estimate of drug-likeness (QED) is 0.597. The minimum Gasteiger partial charge on any atom is -0.298 e. The van der Waals surface area contributed by atoms with Crippen molar-refractivity contribution in [2.45, 2.75) is 4.90 Å². The lowest BCUT2D eigenvalue weighted by Crippen LogP contribution is -2.23. The summed E-state index contributed by atoms with van der Waals surface area (Å²) in [5.41, 5.74) is 0.748. The van der Waals surface area contributed by atoms with Crippen LogP contribution in [0.4, 0.5) is 5.13 Å². The molecule has 2 heterocycles. The Labute approximate surface area is 174 Å². The molecule has 11 heteroatoms. The zero-order chi connectivity index (χ0) is 19.8. The third-order valence-corrected chi connectivity index (χ3v) is 7.66. The second kappa shape index (κ2) is 7.86. The number of thiophene rings is 1. The van der Waals surface area contributed by atoms with Gasteiger partial charge in [0.05, 0.1) is 30.4 Å². The van der Waals surface area contributed by atoms with Gasteiger partial charge >= 0.3 is 0 Å². The van der Waals surface area contributed by atoms with Gasteiger partial charge in [-0.3, -0.25) is 10.1 Å². The van der Waals surface area contributed by atoms with E-state index in [4.69, 9.17) is 23.2 Å². The van der Waals surface area contributed by atoms with E-state index in [9.17, 15) is 13.2 Å². The predicted octanol–water partition coefficient (Wildman–Crippen LogP) is 4.68. The van der Waals surface area contributed by atoms with Crippen LogP contribution < -0.4 is 5.32 Å². The molecule has 0 atom stereocenters. The molecular weight excluding hydrogens is 449 g/mol. The summed E-state index contributed by atoms with van der Waals surface area (Å²) < 4.78 is 26.3. The van der Waals surface area contributed by atoms with Gasteiger partial charge < -0.3 is 0 Å². The molecule has 142 valence electrons. The largest absolute Gasteiger partial charge is 0.298 e. The number of hydrogen-bond donors (Lipinski definition) is 1. The molecule has 0 saturated heterocycles. The highest BCUT2D eigenvalue weighted by Gasteiger charge is 2.21. The molecule has 0 spiro atoms. The molecule has 3 aromatic rings. The van der Waals surface area contributed by atoms with Crippen LogP contribution in [0.15, 0.2) is 40.6 Å². The van der Waals surface area contributed by atoms with Gasteiger partial charge in [-0.05, 0) is 30.3 Å². The molecule has 3 rings (SSSR count). The first-order chi connectivity index (χ1) is 12.7. The number of halogens is 2. The highest BCUT2D eigenvalue weighted by Crippen LogP contribution is 2.33. The van der Waals surface area contributed by atoms with E-state index in [1.54, 1.807) is 11.4 Å². The first-order valence-corrected chi connectivity index (χ1v) is 11.3. The van der Waals surface area contributed by atoms with Crippen LogP contribution in [0.2, 0.25) is 9.36 Å². The molecule has 0 fully saturated rings. The van der Waals surface area contributed by atoms with E-state index in [1.807, 2.05) is 6.07 Å². The third-order valence-electron chi connectivity index (χ3n) is 3.51. The predicted molar refractivity (Wildman–Crippen MR) is 111 cm³/mol. The Kier molecular flexibility index (Phi) is 5.90. The Hall–Kier alpha value is -1.49. The SMILES string of the molecule is CN(C)S(=O)(=O)c1ccc(Cl)c(C(=O)Nc2nc(-c3ccc(Cl)s3)cs2)c1. The maximum absolute atomic E-state index is 12.6. The lowest BCUT2D eigenvalue weighted by molar-refractivity contribution is 0.102. The molecule has 2 aromatic heterocycles. The van der Waals surface area contributed by atoms with Crippen molar-refractivity contribution in [2.24, 2.45) is 0 Å². The average molecular weight is 462 g/mol. The molecule has 0 aliphatic carbocycles. The fourth-order valence-electron chi connectivity index (χ4n) is 2.11. The number of carbonyl (C=O) groups is 1. The van der Waals surface area contributed by atoms with E-state index in [0.29, 0.717) is 15.2 Å². The number of sulfonamides is 1. The van der Waals surface area contributed by atoms with Crippen LogP contribution in [0.1, 0.15) is 10.4 Å². The number of benzene rings is 1. The fraction of sp³-hybridized carbons (Fsp3) is 0.125. The number of aromatic nitrogens is 1. The molecule has 0 radical (unpaired) electrons. The van der Waals surface area contributed by atoms with E-state index >= 15 is 0 Å². The molecule has 0 aliphatic heterocycles. The molecule has 1 N–H and O–H groups in total. The van der Waals surface area contributed by atoms with Crippen molar-refractivity contribution in [3.8, 4) is 10.6 Å². The second-order valence-corrected chi connectivity index (χ2v) is 10.7. The number of thiazole rings is 1. The molecule has 0 saturated carbocycles. The summed E-state index contributed by atoms with van der Waals surface area (Å²) in [7, 11) is -0.853. The zero-order valence-corrected chi connectivity index (χ0v) is 18.0. The van der Waals surface area contributed by atoms with E-state index in [0.717, 1.165) is 9.18 Å². The fourth-order valence-corrected chi connectivity index (χ4v) is 5.03. The summed E-state index contributed by atoms with van der Waals surface area (Å²) in [5, 5.41) is 4.97. The molecule has 0 bridgehead atoms. The summed E-state index contributed by atoms with van der Waals surface area (Å²) in [4.78, 5) is 17.8. The van der Waals surface area contributed by atoms with Gasteiger partial charge in [0, 0.05) is 19.5 Å². The van der Waals surface area contributed by atoms with Crippen molar-refractivity contribution < 1.29 is 13.2 Å². The van der Waals surface area contributed by atoms with E-state index < -0.39 is 15.9 Å². The number of carbonyl (C=O) groups excluding carboxylic acids is 1. The van der Waals surface area contributed by atoms with E-state index in [2.05, 4.69) is 10.3 Å². The molecule has 1 aromatic carbocycles. The van der Waals surface area contributed by atoms with Crippen LogP contribution in [-0.2, 0) is 10.0 Å². The monoisotopic (exact) mass is 461 g/mol. The second-order valence-electron chi connectivity index (χ2n) is 5.52. The molecule has 1 amide bonds. The summed E-state index contributed by atoms with van der Waals surface area (Å²) in [6.45, 7) is 0. The van der Waals surface area contributed by atoms with Gasteiger partial charge in [0.1, 0.15) is 0 Å². The Morgan fingerprint density at radius 3 is 2.56 bits per heavy atom.